The van der Waals surface area contributed by atoms with Crippen molar-refractivity contribution in [2.24, 2.45) is 0 Å². The van der Waals surface area contributed by atoms with Crippen LogP contribution in [0, 0.1) is 19.9 Å². The molecular weight excluding hydrogens is 483 g/mol. The Kier molecular flexibility index (Phi) is 15.5. The van der Waals surface area contributed by atoms with Gasteiger partial charge in [0, 0.05) is 0 Å². The molecule has 0 heterocycles. The van der Waals surface area contributed by atoms with Crippen LogP contribution in [0.3, 0.4) is 0 Å². The van der Waals surface area contributed by atoms with Crippen molar-refractivity contribution >= 4 is 13.3 Å². The summed E-state index contributed by atoms with van der Waals surface area (Å²) in [5.41, 5.74) is 8.66. The van der Waals surface area contributed by atoms with Crippen LogP contribution in [0.4, 0.5) is 0 Å². The van der Waals surface area contributed by atoms with Crippen LogP contribution in [0.2, 0.25) is 16.1 Å². The minimum Gasteiger partial charge on any atom is -1.00 e. The molecule has 0 saturated carbocycles. The first kappa shape index (κ1) is 35.1. The molecule has 3 atom stereocenters. The predicted octanol–water partition coefficient (Wildman–Crippen LogP) is -1.57. The molecule has 2 rings (SSSR count). The zero-order valence-electron chi connectivity index (χ0n) is 20.4. The fourth-order valence-corrected chi connectivity index (χ4v) is 13.9. The second kappa shape index (κ2) is 13.3. The Morgan fingerprint density at radius 3 is 1.53 bits per heavy atom. The van der Waals surface area contributed by atoms with E-state index in [0.29, 0.717) is 11.1 Å². The number of aryl methyl sites for hydroxylation is 2. The van der Waals surface area contributed by atoms with Crippen LogP contribution in [0.1, 0.15) is 79.4 Å². The predicted molar refractivity (Wildman–Crippen MR) is 120 cm³/mol. The van der Waals surface area contributed by atoms with Crippen LogP contribution in [0.5, 0.6) is 0 Å². The first-order valence-electron chi connectivity index (χ1n) is 10.4. The molecule has 5 heteroatoms. The van der Waals surface area contributed by atoms with Gasteiger partial charge in [-0.15, -0.1) is 6.92 Å². The van der Waals surface area contributed by atoms with Gasteiger partial charge >= 0.3 is 21.7 Å². The maximum absolute atomic E-state index is 4.04. The van der Waals surface area contributed by atoms with Gasteiger partial charge in [-0.25, -0.2) is 5.57 Å². The normalized spacial score (nSPS) is 21.7. The summed E-state index contributed by atoms with van der Waals surface area (Å²) in [5, 5.41) is 1.72. The number of hydrogen-bond acceptors (Lipinski definition) is 0. The molecule has 0 spiro atoms. The van der Waals surface area contributed by atoms with E-state index in [2.05, 4.69) is 93.5 Å². The van der Waals surface area contributed by atoms with Gasteiger partial charge in [0.25, 0.3) is 0 Å². The molecule has 0 radical (unpaired) electrons. The Bertz CT molecular complexity index is 727. The van der Waals surface area contributed by atoms with Gasteiger partial charge in [-0.2, -0.15) is 11.1 Å². The van der Waals surface area contributed by atoms with Gasteiger partial charge in [0.05, 0.1) is 8.07 Å². The Morgan fingerprint density at radius 2 is 1.23 bits per heavy atom. The van der Waals surface area contributed by atoms with Gasteiger partial charge in [0.2, 0.25) is 0 Å². The van der Waals surface area contributed by atoms with Gasteiger partial charge in [0.1, 0.15) is 0 Å². The molecule has 1 aromatic rings. The number of hydrogen-bond donors (Lipinski definition) is 0. The van der Waals surface area contributed by atoms with E-state index < -0.39 is 8.07 Å². The minimum absolute atomic E-state index is 0. The maximum Gasteiger partial charge on any atom is 4.00 e. The summed E-state index contributed by atoms with van der Waals surface area (Å²) < 4.78 is 0. The standard InChI is InChI=1S/C25H39Si.3ClH.Ti/c1-11-20(6)26(21(7)12-2,24-14-17(3)13-18(4)15-24)25(10)16-19(5)22(8)23(25)9;;;;/h13-15,20-21H,11-12H2,1-10H3;3*1H;/q-1;;;;+4/p-3. The molecule has 0 fully saturated rings. The van der Waals surface area contributed by atoms with Crippen molar-refractivity contribution in [3.63, 3.8) is 0 Å². The summed E-state index contributed by atoms with van der Waals surface area (Å²) in [5.74, 6) is 0. The van der Waals surface area contributed by atoms with Gasteiger partial charge in [-0.05, 0) is 24.9 Å². The first-order chi connectivity index (χ1) is 12.1. The average Bonchev–Trinajstić information content (AvgIpc) is 2.77. The Labute approximate surface area is 221 Å². The fourth-order valence-electron chi connectivity index (χ4n) is 5.82. The minimum atomic E-state index is -1.97. The molecule has 1 aliphatic rings. The van der Waals surface area contributed by atoms with Crippen LogP contribution >= 0.6 is 0 Å². The second-order valence-corrected chi connectivity index (χ2v) is 14.3. The number of allylic oxidation sites excluding steroid dienone is 4. The maximum atomic E-state index is 4.04. The van der Waals surface area contributed by atoms with Crippen molar-refractivity contribution in [1.82, 2.24) is 0 Å². The van der Waals surface area contributed by atoms with Crippen LogP contribution in [0.15, 0.2) is 34.9 Å². The largest absolute Gasteiger partial charge is 4.00 e. The van der Waals surface area contributed by atoms with E-state index in [4.69, 9.17) is 0 Å². The van der Waals surface area contributed by atoms with Crippen LogP contribution in [-0.2, 0) is 21.7 Å². The molecule has 0 amide bonds. The van der Waals surface area contributed by atoms with E-state index in [1.807, 2.05) is 0 Å². The quantitative estimate of drug-likeness (QED) is 0.314. The topological polar surface area (TPSA) is 0 Å². The third-order valence-corrected chi connectivity index (χ3v) is 14.9. The van der Waals surface area contributed by atoms with Gasteiger partial charge in [-0.1, -0.05) is 101 Å². The molecule has 0 aliphatic heterocycles. The van der Waals surface area contributed by atoms with Gasteiger partial charge in [0.15, 0.2) is 0 Å². The van der Waals surface area contributed by atoms with Crippen LogP contribution < -0.4 is 42.4 Å². The smallest absolute Gasteiger partial charge is 1.00 e. The third kappa shape index (κ3) is 5.52. The SMILES string of the molecule is CCC(C)[Si](c1cc(C)cc(C)c1)(C(C)CC)C1(C)[C-]=C(C)C(C)=C1C.[Cl-].[Cl-].[Cl-].[Ti+4]. The number of rotatable bonds is 6. The molecule has 0 saturated heterocycles. The molecule has 168 valence electrons. The molecule has 0 N–H and O–H groups in total. The van der Waals surface area contributed by atoms with Crippen molar-refractivity contribution in [3.8, 4) is 0 Å². The Balaban J connectivity index is -0.00000182. The number of halogens is 3. The van der Waals surface area contributed by atoms with E-state index >= 15 is 0 Å². The average molecular weight is 522 g/mol. The Morgan fingerprint density at radius 1 is 0.833 bits per heavy atom. The molecule has 1 aromatic carbocycles. The second-order valence-electron chi connectivity index (χ2n) is 8.99. The molecular formula is C25H39Cl3SiTi. The van der Waals surface area contributed by atoms with Gasteiger partial charge in [-0.3, -0.25) is 6.08 Å². The molecule has 0 aromatic heterocycles. The molecule has 1 aliphatic carbocycles. The molecule has 0 nitrogen and oxygen atoms in total. The van der Waals surface area contributed by atoms with E-state index in [1.165, 1.54) is 35.1 Å². The molecule has 0 bridgehead atoms. The van der Waals surface area contributed by atoms with E-state index in [9.17, 15) is 0 Å². The fraction of sp³-hybridized carbons (Fsp3) is 0.600. The van der Waals surface area contributed by atoms with E-state index in [-0.39, 0.29) is 64.0 Å². The summed E-state index contributed by atoms with van der Waals surface area (Å²) >= 11 is 0. The van der Waals surface area contributed by atoms with Gasteiger partial charge < -0.3 is 37.2 Å². The monoisotopic (exact) mass is 520 g/mol. The summed E-state index contributed by atoms with van der Waals surface area (Å²) in [7, 11) is -1.97. The summed E-state index contributed by atoms with van der Waals surface area (Å²) in [6.45, 7) is 23.8. The molecule has 30 heavy (non-hydrogen) atoms. The Hall–Kier alpha value is 0.501. The van der Waals surface area contributed by atoms with Crippen molar-refractivity contribution < 1.29 is 58.9 Å². The first-order valence-corrected chi connectivity index (χ1v) is 12.6. The zero-order chi connectivity index (χ0) is 19.9. The summed E-state index contributed by atoms with van der Waals surface area (Å²) in [4.78, 5) is 0. The van der Waals surface area contributed by atoms with Crippen LogP contribution in [-0.4, -0.2) is 8.07 Å². The van der Waals surface area contributed by atoms with Crippen LogP contribution in [0.25, 0.3) is 0 Å². The molecule has 3 unspecified atom stereocenters. The van der Waals surface area contributed by atoms with Crippen molar-refractivity contribution in [1.29, 1.82) is 0 Å². The summed E-state index contributed by atoms with van der Waals surface area (Å²) in [6.07, 6.45) is 6.53. The van der Waals surface area contributed by atoms with E-state index in [0.717, 1.165) is 0 Å². The third-order valence-electron chi connectivity index (χ3n) is 7.62. The zero-order valence-corrected chi connectivity index (χ0v) is 25.3. The van der Waals surface area contributed by atoms with Crippen molar-refractivity contribution in [3.05, 3.63) is 52.1 Å². The van der Waals surface area contributed by atoms with Crippen molar-refractivity contribution in [2.45, 2.75) is 98.2 Å². The van der Waals surface area contributed by atoms with E-state index in [1.54, 1.807) is 10.8 Å². The number of benzene rings is 1. The van der Waals surface area contributed by atoms with Crippen molar-refractivity contribution in [2.75, 3.05) is 0 Å². The summed E-state index contributed by atoms with van der Waals surface area (Å²) in [6, 6.07) is 7.35.